The number of nitrogens with zero attached hydrogens (tertiary/aromatic N) is 1. The van der Waals surface area contributed by atoms with Gasteiger partial charge in [-0.25, -0.2) is 0 Å². The predicted octanol–water partition coefficient (Wildman–Crippen LogP) is 2.89. The summed E-state index contributed by atoms with van der Waals surface area (Å²) in [5, 5.41) is 3.84. The monoisotopic (exact) mass is 153 g/mol. The number of hydrogen-bond donors (Lipinski definition) is 0. The van der Waals surface area contributed by atoms with Crippen LogP contribution >= 0.6 is 0 Å². The Labute approximate surface area is 67.6 Å². The second kappa shape index (κ2) is 3.56. The fraction of sp³-hybridized carbons (Fsp3) is 0.667. The minimum absolute atomic E-state index is 0.515. The first-order valence-corrected chi connectivity index (χ1v) is 4.17. The van der Waals surface area contributed by atoms with E-state index in [0.717, 1.165) is 11.5 Å². The van der Waals surface area contributed by atoms with Crippen molar-refractivity contribution in [2.24, 2.45) is 0 Å². The quantitative estimate of drug-likeness (QED) is 0.667. The summed E-state index contributed by atoms with van der Waals surface area (Å²) in [6.07, 6.45) is 2.37. The summed E-state index contributed by atoms with van der Waals surface area (Å²) in [6, 6.07) is 2.01. The van der Waals surface area contributed by atoms with E-state index in [2.05, 4.69) is 19.0 Å². The van der Waals surface area contributed by atoms with Crippen molar-refractivity contribution in [3.8, 4) is 0 Å². The smallest absolute Gasteiger partial charge is 0.139 e. The van der Waals surface area contributed by atoms with Gasteiger partial charge in [0.15, 0.2) is 0 Å². The summed E-state index contributed by atoms with van der Waals surface area (Å²) < 4.78 is 5.13. The van der Waals surface area contributed by atoms with Gasteiger partial charge in [-0.1, -0.05) is 25.4 Å². The number of hydrogen-bond acceptors (Lipinski definition) is 2. The zero-order valence-corrected chi connectivity index (χ0v) is 7.42. The first-order valence-electron chi connectivity index (χ1n) is 4.17. The molecule has 0 aliphatic heterocycles. The first kappa shape index (κ1) is 8.31. The molecule has 1 aromatic heterocycles. The van der Waals surface area contributed by atoms with Gasteiger partial charge in [-0.05, 0) is 13.3 Å². The van der Waals surface area contributed by atoms with E-state index in [4.69, 9.17) is 4.52 Å². The van der Waals surface area contributed by atoms with Gasteiger partial charge < -0.3 is 4.52 Å². The zero-order valence-electron chi connectivity index (χ0n) is 7.42. The third-order valence-electron chi connectivity index (χ3n) is 1.85. The molecule has 0 spiro atoms. The number of aromatic nitrogens is 1. The van der Waals surface area contributed by atoms with Crippen LogP contribution in [0.25, 0.3) is 0 Å². The molecular formula is C9H15NO. The third kappa shape index (κ3) is 2.07. The third-order valence-corrected chi connectivity index (χ3v) is 1.85. The Morgan fingerprint density at radius 2 is 2.36 bits per heavy atom. The Balaban J connectivity index is 2.60. The Hall–Kier alpha value is -0.790. The van der Waals surface area contributed by atoms with E-state index in [0.29, 0.717) is 5.92 Å². The Morgan fingerprint density at radius 3 is 2.82 bits per heavy atom. The highest BCUT2D eigenvalue weighted by Gasteiger charge is 2.08. The molecule has 62 valence electrons. The van der Waals surface area contributed by atoms with Crippen LogP contribution in [0.2, 0.25) is 0 Å². The van der Waals surface area contributed by atoms with Crippen molar-refractivity contribution in [2.45, 2.75) is 39.5 Å². The summed E-state index contributed by atoms with van der Waals surface area (Å²) >= 11 is 0. The predicted molar refractivity (Wildman–Crippen MR) is 44.6 cm³/mol. The topological polar surface area (TPSA) is 26.0 Å². The largest absolute Gasteiger partial charge is 0.361 e. The lowest BCUT2D eigenvalue weighted by Gasteiger charge is -2.02. The van der Waals surface area contributed by atoms with E-state index in [1.54, 1.807) is 0 Å². The van der Waals surface area contributed by atoms with Crippen LogP contribution in [0.1, 0.15) is 44.1 Å². The summed E-state index contributed by atoms with van der Waals surface area (Å²) in [5.41, 5.74) is 0.975. The molecule has 2 heteroatoms. The normalized spacial score (nSPS) is 13.4. The molecule has 0 aromatic carbocycles. The van der Waals surface area contributed by atoms with Crippen LogP contribution in [0.3, 0.4) is 0 Å². The van der Waals surface area contributed by atoms with E-state index >= 15 is 0 Å². The van der Waals surface area contributed by atoms with Crippen LogP contribution in [0.15, 0.2) is 10.6 Å². The molecule has 0 fully saturated rings. The number of rotatable bonds is 3. The molecule has 0 bridgehead atoms. The molecule has 0 aliphatic rings. The van der Waals surface area contributed by atoms with Gasteiger partial charge in [0, 0.05) is 12.0 Å². The van der Waals surface area contributed by atoms with Gasteiger partial charge in [-0.3, -0.25) is 0 Å². The van der Waals surface area contributed by atoms with Crippen molar-refractivity contribution >= 4 is 0 Å². The summed E-state index contributed by atoms with van der Waals surface area (Å²) in [6.45, 7) is 6.30. The molecule has 2 nitrogen and oxygen atoms in total. The molecule has 11 heavy (non-hydrogen) atoms. The Bertz CT molecular complexity index is 217. The van der Waals surface area contributed by atoms with Crippen molar-refractivity contribution < 1.29 is 4.52 Å². The van der Waals surface area contributed by atoms with Gasteiger partial charge in [0.1, 0.15) is 5.76 Å². The van der Waals surface area contributed by atoms with E-state index in [9.17, 15) is 0 Å². The lowest BCUT2D eigenvalue weighted by atomic mass is 10.0. The summed E-state index contributed by atoms with van der Waals surface area (Å²) in [4.78, 5) is 0. The summed E-state index contributed by atoms with van der Waals surface area (Å²) in [5.74, 6) is 1.53. The van der Waals surface area contributed by atoms with Crippen LogP contribution in [-0.2, 0) is 0 Å². The van der Waals surface area contributed by atoms with Crippen molar-refractivity contribution in [3.63, 3.8) is 0 Å². The van der Waals surface area contributed by atoms with E-state index in [1.165, 1.54) is 12.8 Å². The van der Waals surface area contributed by atoms with Gasteiger partial charge in [0.25, 0.3) is 0 Å². The SMILES string of the molecule is CCCC(C)c1cc(C)no1. The maximum atomic E-state index is 5.13. The fourth-order valence-electron chi connectivity index (χ4n) is 1.19. The lowest BCUT2D eigenvalue weighted by Crippen LogP contribution is -1.89. The maximum Gasteiger partial charge on any atom is 0.139 e. The van der Waals surface area contributed by atoms with E-state index in [1.807, 2.05) is 13.0 Å². The van der Waals surface area contributed by atoms with Gasteiger partial charge in [-0.2, -0.15) is 0 Å². The van der Waals surface area contributed by atoms with Crippen LogP contribution in [0.5, 0.6) is 0 Å². The highest BCUT2D eigenvalue weighted by atomic mass is 16.5. The molecule has 0 amide bonds. The molecule has 0 radical (unpaired) electrons. The second-order valence-corrected chi connectivity index (χ2v) is 3.06. The molecule has 1 atom stereocenters. The van der Waals surface area contributed by atoms with Crippen LogP contribution in [0, 0.1) is 6.92 Å². The lowest BCUT2D eigenvalue weighted by molar-refractivity contribution is 0.356. The summed E-state index contributed by atoms with van der Waals surface area (Å²) in [7, 11) is 0. The average molecular weight is 153 g/mol. The molecule has 0 saturated heterocycles. The molecular weight excluding hydrogens is 138 g/mol. The van der Waals surface area contributed by atoms with Crippen molar-refractivity contribution in [1.29, 1.82) is 0 Å². The first-order chi connectivity index (χ1) is 5.24. The Morgan fingerprint density at radius 1 is 1.64 bits per heavy atom. The van der Waals surface area contributed by atoms with Crippen LogP contribution in [0.4, 0.5) is 0 Å². The maximum absolute atomic E-state index is 5.13. The van der Waals surface area contributed by atoms with Crippen LogP contribution < -0.4 is 0 Å². The van der Waals surface area contributed by atoms with Crippen molar-refractivity contribution in [2.75, 3.05) is 0 Å². The molecule has 0 aliphatic carbocycles. The fourth-order valence-corrected chi connectivity index (χ4v) is 1.19. The second-order valence-electron chi connectivity index (χ2n) is 3.06. The van der Waals surface area contributed by atoms with Gasteiger partial charge in [0.2, 0.25) is 0 Å². The molecule has 1 aromatic rings. The Kier molecular flexibility index (Phi) is 2.69. The standard InChI is InChI=1S/C9H15NO/c1-4-5-7(2)9-6-8(3)10-11-9/h6-7H,4-5H2,1-3H3. The zero-order chi connectivity index (χ0) is 8.27. The average Bonchev–Trinajstić information content (AvgIpc) is 2.36. The van der Waals surface area contributed by atoms with E-state index < -0.39 is 0 Å². The van der Waals surface area contributed by atoms with Crippen molar-refractivity contribution in [1.82, 2.24) is 5.16 Å². The highest BCUT2D eigenvalue weighted by molar-refractivity contribution is 5.07. The van der Waals surface area contributed by atoms with Crippen molar-refractivity contribution in [3.05, 3.63) is 17.5 Å². The number of aryl methyl sites for hydroxylation is 1. The molecule has 0 saturated carbocycles. The van der Waals surface area contributed by atoms with E-state index in [-0.39, 0.29) is 0 Å². The minimum Gasteiger partial charge on any atom is -0.361 e. The minimum atomic E-state index is 0.515. The molecule has 1 heterocycles. The molecule has 1 rings (SSSR count). The van der Waals surface area contributed by atoms with Crippen LogP contribution in [-0.4, -0.2) is 5.16 Å². The van der Waals surface area contributed by atoms with Gasteiger partial charge in [-0.15, -0.1) is 0 Å². The molecule has 0 N–H and O–H groups in total. The molecule has 1 unspecified atom stereocenters. The highest BCUT2D eigenvalue weighted by Crippen LogP contribution is 2.20. The van der Waals surface area contributed by atoms with Gasteiger partial charge in [0.05, 0.1) is 5.69 Å². The van der Waals surface area contributed by atoms with Gasteiger partial charge >= 0.3 is 0 Å².